The molecule has 4 aliphatic rings. The van der Waals surface area contributed by atoms with Crippen LogP contribution in [0.15, 0.2) is 53.8 Å². The van der Waals surface area contributed by atoms with Crippen molar-refractivity contribution in [3.05, 3.63) is 70.7 Å². The third-order valence-electron chi connectivity index (χ3n) is 9.86. The summed E-state index contributed by atoms with van der Waals surface area (Å²) in [6.07, 6.45) is 15.6. The van der Waals surface area contributed by atoms with Crippen molar-refractivity contribution < 1.29 is 22.7 Å². The molecule has 1 saturated carbocycles. The Labute approximate surface area is 260 Å². The van der Waals surface area contributed by atoms with Gasteiger partial charge in [0.2, 0.25) is 5.91 Å². The minimum absolute atomic E-state index is 0.103. The minimum atomic E-state index is -4.05. The topological polar surface area (TPSA) is 113 Å². The molecular weight excluding hydrogens is 578 g/mol. The lowest BCUT2D eigenvalue weighted by Crippen LogP contribution is -2.44. The summed E-state index contributed by atoms with van der Waals surface area (Å²) in [6.45, 7) is 2.00. The molecule has 0 radical (unpaired) electrons. The minimum Gasteiger partial charge on any atom is -0.497 e. The van der Waals surface area contributed by atoms with Gasteiger partial charge in [0, 0.05) is 66.4 Å². The third kappa shape index (κ3) is 5.73. The summed E-state index contributed by atoms with van der Waals surface area (Å²) in [5.74, 6) is 0.402. The van der Waals surface area contributed by atoms with Crippen LogP contribution in [-0.2, 0) is 31.7 Å². The fraction of sp³-hybridized carbons (Fsp3) is 0.515. The zero-order chi connectivity index (χ0) is 31.1. The highest BCUT2D eigenvalue weighted by Gasteiger charge is 2.41. The first-order valence-corrected chi connectivity index (χ1v) is 17.1. The van der Waals surface area contributed by atoms with Gasteiger partial charge in [-0.15, -0.1) is 0 Å². The zero-order valence-corrected chi connectivity index (χ0v) is 26.7. The molecular formula is C33H43N5O5S. The first-order chi connectivity index (χ1) is 21.1. The number of hydrogen-bond donors (Lipinski definition) is 2. The Morgan fingerprint density at radius 3 is 2.48 bits per heavy atom. The largest absolute Gasteiger partial charge is 0.497 e. The highest BCUT2D eigenvalue weighted by molar-refractivity contribution is 7.87. The number of nitrogens with zero attached hydrogens (tertiary/aromatic N) is 3. The van der Waals surface area contributed by atoms with Crippen LogP contribution >= 0.6 is 0 Å². The average molecular weight is 622 g/mol. The van der Waals surface area contributed by atoms with Gasteiger partial charge in [0.15, 0.2) is 0 Å². The Hall–Kier alpha value is -3.41. The predicted molar refractivity (Wildman–Crippen MR) is 171 cm³/mol. The lowest BCUT2D eigenvalue weighted by Gasteiger charge is -2.35. The van der Waals surface area contributed by atoms with Crippen molar-refractivity contribution >= 4 is 32.9 Å². The molecule has 11 heteroatoms. The Kier molecular flexibility index (Phi) is 8.47. The van der Waals surface area contributed by atoms with Gasteiger partial charge in [-0.2, -0.15) is 12.7 Å². The fourth-order valence-corrected chi connectivity index (χ4v) is 8.06. The van der Waals surface area contributed by atoms with E-state index in [0.29, 0.717) is 44.1 Å². The molecule has 236 valence electrons. The van der Waals surface area contributed by atoms with Gasteiger partial charge in [-0.1, -0.05) is 37.5 Å². The number of allylic oxidation sites excluding steroid dienone is 4. The van der Waals surface area contributed by atoms with Crippen molar-refractivity contribution in [1.82, 2.24) is 23.8 Å². The Bertz CT molecular complexity index is 1670. The number of amides is 2. The van der Waals surface area contributed by atoms with Crippen LogP contribution in [-0.4, -0.2) is 81.4 Å². The number of ether oxygens (including phenoxy) is 1. The molecule has 6 rings (SSSR count). The van der Waals surface area contributed by atoms with E-state index in [0.717, 1.165) is 40.2 Å². The lowest BCUT2D eigenvalue weighted by atomic mass is 9.71. The second-order valence-corrected chi connectivity index (χ2v) is 14.4. The second kappa shape index (κ2) is 12.2. The van der Waals surface area contributed by atoms with Crippen molar-refractivity contribution in [2.45, 2.75) is 62.8 Å². The molecule has 44 heavy (non-hydrogen) atoms. The van der Waals surface area contributed by atoms with E-state index in [-0.39, 0.29) is 18.0 Å². The Balaban J connectivity index is 1.56. The molecule has 2 N–H and O–H groups in total. The van der Waals surface area contributed by atoms with Crippen LogP contribution in [0.25, 0.3) is 10.9 Å². The number of methoxy groups -OCH3 is 1. The van der Waals surface area contributed by atoms with Gasteiger partial charge in [0.25, 0.3) is 5.91 Å². The molecule has 1 aromatic heterocycles. The summed E-state index contributed by atoms with van der Waals surface area (Å²) in [5.41, 5.74) is 3.88. The number of carbonyl (C=O) groups is 2. The van der Waals surface area contributed by atoms with E-state index in [1.54, 1.807) is 19.2 Å². The Morgan fingerprint density at radius 2 is 1.75 bits per heavy atom. The number of aromatic nitrogens is 1. The number of nitrogens with one attached hydrogen (secondary N) is 2. The molecule has 1 aromatic carbocycles. The van der Waals surface area contributed by atoms with Gasteiger partial charge in [0.05, 0.1) is 13.7 Å². The van der Waals surface area contributed by atoms with Crippen molar-refractivity contribution in [3.63, 3.8) is 0 Å². The maximum Gasteiger partial charge on any atom is 0.303 e. The molecule has 3 heterocycles. The third-order valence-corrected chi connectivity index (χ3v) is 11.3. The number of rotatable bonds is 2. The number of fused-ring (bicyclic) bond motifs is 3. The molecule has 2 aromatic rings. The van der Waals surface area contributed by atoms with Crippen LogP contribution in [0.3, 0.4) is 0 Å². The van der Waals surface area contributed by atoms with Gasteiger partial charge >= 0.3 is 10.2 Å². The first-order valence-electron chi connectivity index (χ1n) is 15.7. The maximum absolute atomic E-state index is 13.7. The zero-order valence-electron chi connectivity index (χ0n) is 25.9. The normalized spacial score (nSPS) is 25.8. The van der Waals surface area contributed by atoms with Gasteiger partial charge in [0.1, 0.15) is 5.76 Å². The summed E-state index contributed by atoms with van der Waals surface area (Å²) in [7, 11) is 0.966. The number of carbonyl (C=O) groups excluding carboxylic acids is 2. The summed E-state index contributed by atoms with van der Waals surface area (Å²) in [6, 6.07) is 5.52. The van der Waals surface area contributed by atoms with Crippen molar-refractivity contribution in [1.29, 1.82) is 0 Å². The van der Waals surface area contributed by atoms with Crippen LogP contribution in [0.2, 0.25) is 0 Å². The van der Waals surface area contributed by atoms with Crippen LogP contribution in [0.4, 0.5) is 0 Å². The molecule has 2 aliphatic heterocycles. The highest BCUT2D eigenvalue weighted by Crippen LogP contribution is 2.50. The predicted octanol–water partition coefficient (Wildman–Crippen LogP) is 3.72. The van der Waals surface area contributed by atoms with Gasteiger partial charge < -0.3 is 19.5 Å². The van der Waals surface area contributed by atoms with Crippen molar-refractivity contribution in [2.75, 3.05) is 47.4 Å². The van der Waals surface area contributed by atoms with Crippen molar-refractivity contribution in [2.24, 2.45) is 0 Å². The van der Waals surface area contributed by atoms with Crippen LogP contribution in [0, 0.1) is 0 Å². The first kappa shape index (κ1) is 30.6. The second-order valence-electron chi connectivity index (χ2n) is 12.7. The van der Waals surface area contributed by atoms with Crippen LogP contribution in [0.5, 0.6) is 0 Å². The molecule has 10 nitrogen and oxygen atoms in total. The lowest BCUT2D eigenvalue weighted by molar-refractivity contribution is -0.117. The summed E-state index contributed by atoms with van der Waals surface area (Å²) >= 11 is 0. The molecule has 1 atom stereocenters. The standard InChI is InChI=1S/C33H43N5O5S/c1-36-18-17-34-31(39)25-11-14-33(15-12-26(43-3)13-16-33)30-29(23-7-5-4-6-8-23)27-10-9-24(21-28(27)38(30)22-25)32(40)35-44(41,42)37(2)20-19-36/h9-13,15,21,23H,4-8,14,16-20,22H2,1-3H3,(H,34,39)(H,35,40). The molecule has 1 spiro atoms. The molecule has 1 fully saturated rings. The van der Waals surface area contributed by atoms with E-state index in [1.807, 2.05) is 24.1 Å². The molecule has 2 amide bonds. The monoisotopic (exact) mass is 621 g/mol. The van der Waals surface area contributed by atoms with Gasteiger partial charge in [-0.05, 0) is 68.5 Å². The van der Waals surface area contributed by atoms with E-state index in [1.165, 1.54) is 37.6 Å². The smallest absolute Gasteiger partial charge is 0.303 e. The molecule has 0 saturated heterocycles. The van der Waals surface area contributed by atoms with Crippen LogP contribution in [0.1, 0.15) is 72.5 Å². The number of hydrogen-bond acceptors (Lipinski definition) is 6. The highest BCUT2D eigenvalue weighted by atomic mass is 32.2. The van der Waals surface area contributed by atoms with E-state index in [2.05, 4.69) is 32.8 Å². The summed E-state index contributed by atoms with van der Waals surface area (Å²) in [5, 5.41) is 4.17. The molecule has 2 aliphatic carbocycles. The Morgan fingerprint density at radius 1 is 0.977 bits per heavy atom. The average Bonchev–Trinajstić information content (AvgIpc) is 3.26. The molecule has 4 bridgehead atoms. The molecule has 1 unspecified atom stereocenters. The van der Waals surface area contributed by atoms with Gasteiger partial charge in [-0.3, -0.25) is 9.59 Å². The van der Waals surface area contributed by atoms with E-state index >= 15 is 0 Å². The maximum atomic E-state index is 13.7. The van der Waals surface area contributed by atoms with Crippen LogP contribution < -0.4 is 10.0 Å². The number of likely N-dealkylation sites (N-methyl/N-ethyl adjacent to an activating group) is 2. The van der Waals surface area contributed by atoms with Crippen molar-refractivity contribution in [3.8, 4) is 0 Å². The van der Waals surface area contributed by atoms with Gasteiger partial charge in [-0.25, -0.2) is 4.72 Å². The summed E-state index contributed by atoms with van der Waals surface area (Å²) in [4.78, 5) is 29.1. The quantitative estimate of drug-likeness (QED) is 0.529. The van der Waals surface area contributed by atoms with E-state index in [9.17, 15) is 18.0 Å². The van der Waals surface area contributed by atoms with E-state index < -0.39 is 21.5 Å². The van der Waals surface area contributed by atoms with E-state index in [4.69, 9.17) is 4.74 Å². The number of benzene rings is 1. The SMILES string of the molecule is COC1=CCC2(C=C1)CC=C1Cn3c2c(C2CCCCC2)c2ccc(cc23)C(=O)NS(=O)(=O)N(C)CCN(C)CCNC1=O. The summed E-state index contributed by atoms with van der Waals surface area (Å²) < 4.78 is 37.4. The fourth-order valence-electron chi connectivity index (χ4n) is 7.23.